The second kappa shape index (κ2) is 4.22. The van der Waals surface area contributed by atoms with Crippen molar-refractivity contribution in [2.45, 2.75) is 13.8 Å². The van der Waals surface area contributed by atoms with Gasteiger partial charge in [-0.15, -0.1) is 0 Å². The molecule has 0 atom stereocenters. The molecular formula is C12H12ClN3O. The van der Waals surface area contributed by atoms with Crippen LogP contribution in [-0.4, -0.2) is 15.5 Å². The molecule has 0 unspecified atom stereocenters. The predicted molar refractivity (Wildman–Crippen MR) is 66.6 cm³/mol. The Hall–Kier alpha value is -1.81. The largest absolute Gasteiger partial charge is 0.364 e. The summed E-state index contributed by atoms with van der Waals surface area (Å²) in [6, 6.07) is 7.36. The van der Waals surface area contributed by atoms with Crippen LogP contribution in [0.15, 0.2) is 24.3 Å². The van der Waals surface area contributed by atoms with E-state index < -0.39 is 5.91 Å². The number of rotatable bonds is 2. The minimum absolute atomic E-state index is 0.294. The molecule has 2 rings (SSSR count). The number of nitrogens with zero attached hydrogens (tertiary/aromatic N) is 2. The number of amides is 1. The first kappa shape index (κ1) is 11.7. The summed E-state index contributed by atoms with van der Waals surface area (Å²) in [6.45, 7) is 3.63. The van der Waals surface area contributed by atoms with Crippen LogP contribution in [0.1, 0.15) is 22.0 Å². The van der Waals surface area contributed by atoms with Crippen LogP contribution >= 0.6 is 11.6 Å². The zero-order chi connectivity index (χ0) is 12.6. The number of primary amides is 1. The fraction of sp³-hybridized carbons (Fsp3) is 0.167. The maximum atomic E-state index is 11.2. The normalized spacial score (nSPS) is 10.5. The van der Waals surface area contributed by atoms with Crippen molar-refractivity contribution in [1.82, 2.24) is 9.55 Å². The summed E-state index contributed by atoms with van der Waals surface area (Å²) in [5.74, 6) is 0.185. The molecule has 0 aliphatic carbocycles. The molecule has 2 N–H and O–H groups in total. The number of carbonyl (C=O) groups is 1. The van der Waals surface area contributed by atoms with Crippen LogP contribution < -0.4 is 5.73 Å². The molecule has 0 aliphatic rings. The maximum Gasteiger partial charge on any atom is 0.269 e. The maximum absolute atomic E-state index is 11.2. The average molecular weight is 250 g/mol. The average Bonchev–Trinajstić information content (AvgIpc) is 2.54. The third kappa shape index (κ3) is 2.03. The van der Waals surface area contributed by atoms with Crippen LogP contribution in [0.4, 0.5) is 0 Å². The van der Waals surface area contributed by atoms with Crippen LogP contribution in [0.5, 0.6) is 0 Å². The molecule has 5 heteroatoms. The van der Waals surface area contributed by atoms with E-state index in [0.29, 0.717) is 16.5 Å². The summed E-state index contributed by atoms with van der Waals surface area (Å²) in [6.07, 6.45) is 0. The first-order valence-electron chi connectivity index (χ1n) is 5.12. The number of nitrogens with two attached hydrogens (primary N) is 1. The fourth-order valence-corrected chi connectivity index (χ4v) is 2.05. The van der Waals surface area contributed by atoms with Gasteiger partial charge in [-0.05, 0) is 32.0 Å². The standard InChI is InChI=1S/C12H12ClN3O/c1-7-11(12(14)17)15-8(2)16(7)10-5-3-4-9(13)6-10/h3-6H,1-2H3,(H2,14,17). The summed E-state index contributed by atoms with van der Waals surface area (Å²) in [7, 11) is 0. The lowest BCUT2D eigenvalue weighted by Crippen LogP contribution is -2.13. The quantitative estimate of drug-likeness (QED) is 0.887. The van der Waals surface area contributed by atoms with Crippen LogP contribution in [0.2, 0.25) is 5.02 Å². The minimum atomic E-state index is -0.522. The van der Waals surface area contributed by atoms with E-state index in [-0.39, 0.29) is 0 Å². The zero-order valence-corrected chi connectivity index (χ0v) is 10.3. The highest BCUT2D eigenvalue weighted by Crippen LogP contribution is 2.20. The van der Waals surface area contributed by atoms with Gasteiger partial charge in [0.15, 0.2) is 0 Å². The monoisotopic (exact) mass is 249 g/mol. The fourth-order valence-electron chi connectivity index (χ4n) is 1.87. The van der Waals surface area contributed by atoms with Crippen molar-refractivity contribution >= 4 is 17.5 Å². The Morgan fingerprint density at radius 3 is 2.65 bits per heavy atom. The smallest absolute Gasteiger partial charge is 0.269 e. The lowest BCUT2D eigenvalue weighted by atomic mass is 10.3. The van der Waals surface area contributed by atoms with Gasteiger partial charge in [-0.2, -0.15) is 0 Å². The Bertz CT molecular complexity index is 589. The molecule has 4 nitrogen and oxygen atoms in total. The molecule has 0 radical (unpaired) electrons. The second-order valence-corrected chi connectivity index (χ2v) is 4.21. The summed E-state index contributed by atoms with van der Waals surface area (Å²) in [4.78, 5) is 15.4. The molecule has 17 heavy (non-hydrogen) atoms. The Kier molecular flexibility index (Phi) is 2.90. The van der Waals surface area contributed by atoms with Crippen molar-refractivity contribution in [1.29, 1.82) is 0 Å². The molecule has 0 saturated heterocycles. The third-order valence-electron chi connectivity index (χ3n) is 2.58. The molecule has 88 valence electrons. The second-order valence-electron chi connectivity index (χ2n) is 3.77. The van der Waals surface area contributed by atoms with Gasteiger partial charge < -0.3 is 10.3 Å². The van der Waals surface area contributed by atoms with Gasteiger partial charge in [0, 0.05) is 10.7 Å². The van der Waals surface area contributed by atoms with Gasteiger partial charge >= 0.3 is 0 Å². The molecule has 0 bridgehead atoms. The molecule has 0 saturated carbocycles. The number of hydrogen-bond acceptors (Lipinski definition) is 2. The molecule has 0 fully saturated rings. The number of halogens is 1. The molecule has 1 amide bonds. The van der Waals surface area contributed by atoms with E-state index in [1.165, 1.54) is 0 Å². The molecular weight excluding hydrogens is 238 g/mol. The van der Waals surface area contributed by atoms with Crippen molar-refractivity contribution in [3.8, 4) is 5.69 Å². The number of imidazole rings is 1. The van der Waals surface area contributed by atoms with Gasteiger partial charge in [-0.25, -0.2) is 4.98 Å². The van der Waals surface area contributed by atoms with Gasteiger partial charge in [0.05, 0.1) is 5.69 Å². The van der Waals surface area contributed by atoms with Crippen molar-refractivity contribution in [2.24, 2.45) is 5.73 Å². The van der Waals surface area contributed by atoms with E-state index in [1.807, 2.05) is 29.7 Å². The molecule has 0 aliphatic heterocycles. The molecule has 2 aromatic rings. The highest BCUT2D eigenvalue weighted by Gasteiger charge is 2.16. The Labute approximate surface area is 104 Å². The molecule has 1 aromatic heterocycles. The third-order valence-corrected chi connectivity index (χ3v) is 2.81. The molecule has 0 spiro atoms. The Morgan fingerprint density at radius 1 is 1.41 bits per heavy atom. The van der Waals surface area contributed by atoms with E-state index >= 15 is 0 Å². The predicted octanol–water partition coefficient (Wildman–Crippen LogP) is 2.24. The number of benzene rings is 1. The van der Waals surface area contributed by atoms with Gasteiger partial charge in [0.2, 0.25) is 0 Å². The number of hydrogen-bond donors (Lipinski definition) is 1. The van der Waals surface area contributed by atoms with Crippen molar-refractivity contribution < 1.29 is 4.79 Å². The minimum Gasteiger partial charge on any atom is -0.364 e. The van der Waals surface area contributed by atoms with Crippen LogP contribution in [-0.2, 0) is 0 Å². The Morgan fingerprint density at radius 2 is 2.12 bits per heavy atom. The SMILES string of the molecule is Cc1nc(C(N)=O)c(C)n1-c1cccc(Cl)c1. The summed E-state index contributed by atoms with van der Waals surface area (Å²) in [5, 5.41) is 0.635. The summed E-state index contributed by atoms with van der Waals surface area (Å²) >= 11 is 5.94. The Balaban J connectivity index is 2.64. The summed E-state index contributed by atoms with van der Waals surface area (Å²) in [5.41, 5.74) is 7.15. The van der Waals surface area contributed by atoms with Gasteiger partial charge in [-0.1, -0.05) is 17.7 Å². The molecule has 1 heterocycles. The van der Waals surface area contributed by atoms with E-state index in [9.17, 15) is 4.79 Å². The van der Waals surface area contributed by atoms with Crippen LogP contribution in [0, 0.1) is 13.8 Å². The lowest BCUT2D eigenvalue weighted by molar-refractivity contribution is 0.0995. The van der Waals surface area contributed by atoms with Crippen LogP contribution in [0.25, 0.3) is 5.69 Å². The van der Waals surface area contributed by atoms with E-state index in [1.54, 1.807) is 13.0 Å². The lowest BCUT2D eigenvalue weighted by Gasteiger charge is -2.08. The zero-order valence-electron chi connectivity index (χ0n) is 9.57. The highest BCUT2D eigenvalue weighted by atomic mass is 35.5. The number of aryl methyl sites for hydroxylation is 1. The van der Waals surface area contributed by atoms with Crippen molar-refractivity contribution in [3.05, 3.63) is 46.5 Å². The molecule has 1 aromatic carbocycles. The van der Waals surface area contributed by atoms with Gasteiger partial charge in [0.25, 0.3) is 5.91 Å². The van der Waals surface area contributed by atoms with Crippen LogP contribution in [0.3, 0.4) is 0 Å². The first-order valence-corrected chi connectivity index (χ1v) is 5.50. The van der Waals surface area contributed by atoms with Gasteiger partial charge in [0.1, 0.15) is 11.5 Å². The number of aromatic nitrogens is 2. The number of carbonyl (C=O) groups excluding carboxylic acids is 1. The van der Waals surface area contributed by atoms with Crippen molar-refractivity contribution in [3.63, 3.8) is 0 Å². The summed E-state index contributed by atoms with van der Waals surface area (Å²) < 4.78 is 1.85. The van der Waals surface area contributed by atoms with E-state index in [4.69, 9.17) is 17.3 Å². The van der Waals surface area contributed by atoms with Gasteiger partial charge in [-0.3, -0.25) is 4.79 Å². The van der Waals surface area contributed by atoms with Crippen molar-refractivity contribution in [2.75, 3.05) is 0 Å². The highest BCUT2D eigenvalue weighted by molar-refractivity contribution is 6.30. The first-order chi connectivity index (χ1) is 8.00. The topological polar surface area (TPSA) is 60.9 Å². The van der Waals surface area contributed by atoms with E-state index in [2.05, 4.69) is 4.98 Å². The van der Waals surface area contributed by atoms with E-state index in [0.717, 1.165) is 11.4 Å².